The summed E-state index contributed by atoms with van der Waals surface area (Å²) in [5, 5.41) is 0. The first-order valence-corrected chi connectivity index (χ1v) is 6.90. The van der Waals surface area contributed by atoms with Gasteiger partial charge < -0.3 is 4.98 Å². The van der Waals surface area contributed by atoms with Crippen LogP contribution >= 0.6 is 11.3 Å². The normalized spacial score (nSPS) is 11.2. The number of aryl methyl sites for hydroxylation is 3. The molecule has 0 atom stereocenters. The summed E-state index contributed by atoms with van der Waals surface area (Å²) in [5.41, 5.74) is 2.62. The lowest BCUT2D eigenvalue weighted by atomic mass is 10.0. The van der Waals surface area contributed by atoms with Gasteiger partial charge in [-0.2, -0.15) is 0 Å². The van der Waals surface area contributed by atoms with Gasteiger partial charge in [0.15, 0.2) is 0 Å². The van der Waals surface area contributed by atoms with Crippen LogP contribution in [-0.4, -0.2) is 9.97 Å². The zero-order valence-corrected chi connectivity index (χ0v) is 12.2. The molecule has 0 saturated carbocycles. The molecule has 0 amide bonds. The van der Waals surface area contributed by atoms with E-state index in [0.29, 0.717) is 5.82 Å². The van der Waals surface area contributed by atoms with Crippen molar-refractivity contribution >= 4 is 11.3 Å². The van der Waals surface area contributed by atoms with E-state index in [1.807, 2.05) is 20.8 Å². The van der Waals surface area contributed by atoms with Crippen molar-refractivity contribution in [3.8, 4) is 11.4 Å². The summed E-state index contributed by atoms with van der Waals surface area (Å²) in [6.07, 6.45) is 0. The zero-order valence-electron chi connectivity index (χ0n) is 11.4. The zero-order chi connectivity index (χ0) is 13.4. The molecule has 0 aliphatic heterocycles. The molecule has 0 aliphatic rings. The lowest BCUT2D eigenvalue weighted by Gasteiger charge is -2.09. The number of nitrogens with one attached hydrogen (secondary N) is 1. The Balaban J connectivity index is 2.62. The van der Waals surface area contributed by atoms with E-state index in [1.165, 1.54) is 9.75 Å². The number of aromatic nitrogens is 2. The summed E-state index contributed by atoms with van der Waals surface area (Å²) in [6, 6.07) is 2.08. The van der Waals surface area contributed by atoms with Gasteiger partial charge in [0.1, 0.15) is 5.82 Å². The molecular formula is C14H18N2OS. The minimum Gasteiger partial charge on any atom is -0.306 e. The second-order valence-corrected chi connectivity index (χ2v) is 6.36. The predicted octanol–water partition coefficient (Wildman–Crippen LogP) is 3.55. The predicted molar refractivity (Wildman–Crippen MR) is 76.5 cm³/mol. The topological polar surface area (TPSA) is 45.8 Å². The van der Waals surface area contributed by atoms with Crippen molar-refractivity contribution in [2.24, 2.45) is 0 Å². The van der Waals surface area contributed by atoms with E-state index >= 15 is 0 Å². The Morgan fingerprint density at radius 3 is 2.39 bits per heavy atom. The van der Waals surface area contributed by atoms with E-state index in [4.69, 9.17) is 0 Å². The van der Waals surface area contributed by atoms with Gasteiger partial charge in [0, 0.05) is 26.6 Å². The molecule has 0 radical (unpaired) electrons. The van der Waals surface area contributed by atoms with E-state index in [-0.39, 0.29) is 11.5 Å². The maximum atomic E-state index is 12.1. The Bertz CT molecular complexity index is 638. The third-order valence-corrected chi connectivity index (χ3v) is 3.99. The molecule has 3 nitrogen and oxygen atoms in total. The van der Waals surface area contributed by atoms with Gasteiger partial charge in [-0.25, -0.2) is 4.98 Å². The minimum atomic E-state index is -0.0178. The maximum absolute atomic E-state index is 12.1. The highest BCUT2D eigenvalue weighted by molar-refractivity contribution is 7.12. The number of rotatable bonds is 2. The Morgan fingerprint density at radius 2 is 1.94 bits per heavy atom. The smallest absolute Gasteiger partial charge is 0.254 e. The van der Waals surface area contributed by atoms with Crippen LogP contribution in [0.3, 0.4) is 0 Å². The quantitative estimate of drug-likeness (QED) is 0.899. The molecule has 2 aromatic rings. The molecule has 4 heteroatoms. The summed E-state index contributed by atoms with van der Waals surface area (Å²) >= 11 is 1.72. The molecule has 96 valence electrons. The van der Waals surface area contributed by atoms with Crippen LogP contribution in [0.1, 0.15) is 40.8 Å². The van der Waals surface area contributed by atoms with Gasteiger partial charge in [-0.05, 0) is 32.8 Å². The van der Waals surface area contributed by atoms with E-state index < -0.39 is 0 Å². The van der Waals surface area contributed by atoms with Crippen LogP contribution in [0.15, 0.2) is 10.9 Å². The number of H-pyrrole nitrogens is 1. The van der Waals surface area contributed by atoms with Crippen LogP contribution < -0.4 is 5.56 Å². The largest absolute Gasteiger partial charge is 0.306 e. The van der Waals surface area contributed by atoms with E-state index in [2.05, 4.69) is 29.9 Å². The highest BCUT2D eigenvalue weighted by Gasteiger charge is 2.14. The van der Waals surface area contributed by atoms with Crippen molar-refractivity contribution in [3.63, 3.8) is 0 Å². The Labute approximate surface area is 111 Å². The van der Waals surface area contributed by atoms with Crippen molar-refractivity contribution in [3.05, 3.63) is 37.4 Å². The lowest BCUT2D eigenvalue weighted by molar-refractivity contribution is 0.815. The van der Waals surface area contributed by atoms with Crippen LogP contribution in [0.4, 0.5) is 0 Å². The van der Waals surface area contributed by atoms with Gasteiger partial charge in [0.25, 0.3) is 5.56 Å². The first-order chi connectivity index (χ1) is 8.40. The fourth-order valence-corrected chi connectivity index (χ4v) is 3.19. The van der Waals surface area contributed by atoms with Crippen LogP contribution in [0.25, 0.3) is 11.4 Å². The summed E-state index contributed by atoms with van der Waals surface area (Å²) in [5.74, 6) is 0.879. The molecule has 2 heterocycles. The van der Waals surface area contributed by atoms with Gasteiger partial charge in [0.05, 0.1) is 0 Å². The Morgan fingerprint density at radius 1 is 1.28 bits per heavy atom. The molecular weight excluding hydrogens is 244 g/mol. The third-order valence-electron chi connectivity index (χ3n) is 3.02. The van der Waals surface area contributed by atoms with Gasteiger partial charge in [-0.15, -0.1) is 11.3 Å². The standard InChI is InChI=1S/C14H18N2OS/c1-7(2)12-9(4)15-13(16-14(12)17)11-6-8(3)18-10(11)5/h6-7H,1-5H3,(H,15,16,17). The highest BCUT2D eigenvalue weighted by atomic mass is 32.1. The number of hydrogen-bond acceptors (Lipinski definition) is 3. The molecule has 0 unspecified atom stereocenters. The summed E-state index contributed by atoms with van der Waals surface area (Å²) in [6.45, 7) is 10.0. The summed E-state index contributed by atoms with van der Waals surface area (Å²) < 4.78 is 0. The summed E-state index contributed by atoms with van der Waals surface area (Å²) in [4.78, 5) is 22.0. The average Bonchev–Trinajstić information content (AvgIpc) is 2.56. The Kier molecular flexibility index (Phi) is 3.39. The molecule has 18 heavy (non-hydrogen) atoms. The average molecular weight is 262 g/mol. The van der Waals surface area contributed by atoms with Crippen LogP contribution in [-0.2, 0) is 0 Å². The van der Waals surface area contributed by atoms with E-state index in [0.717, 1.165) is 16.8 Å². The lowest BCUT2D eigenvalue weighted by Crippen LogP contribution is -2.18. The molecule has 0 spiro atoms. The minimum absolute atomic E-state index is 0.0178. The Hall–Kier alpha value is -1.42. The molecule has 0 saturated heterocycles. The number of nitrogens with zero attached hydrogens (tertiary/aromatic N) is 1. The molecule has 2 rings (SSSR count). The molecule has 0 fully saturated rings. The van der Waals surface area contributed by atoms with E-state index in [9.17, 15) is 4.79 Å². The van der Waals surface area contributed by atoms with E-state index in [1.54, 1.807) is 11.3 Å². The van der Waals surface area contributed by atoms with Gasteiger partial charge in [-0.1, -0.05) is 13.8 Å². The third kappa shape index (κ3) is 2.25. The van der Waals surface area contributed by atoms with Gasteiger partial charge in [0.2, 0.25) is 0 Å². The van der Waals surface area contributed by atoms with Crippen molar-refractivity contribution in [2.75, 3.05) is 0 Å². The monoisotopic (exact) mass is 262 g/mol. The first-order valence-electron chi connectivity index (χ1n) is 6.08. The van der Waals surface area contributed by atoms with Crippen molar-refractivity contribution in [2.45, 2.75) is 40.5 Å². The fraction of sp³-hybridized carbons (Fsp3) is 0.429. The molecule has 0 aliphatic carbocycles. The maximum Gasteiger partial charge on any atom is 0.254 e. The number of thiophene rings is 1. The van der Waals surface area contributed by atoms with Crippen LogP contribution in [0.2, 0.25) is 0 Å². The first kappa shape index (κ1) is 13.0. The van der Waals surface area contributed by atoms with Gasteiger partial charge in [-0.3, -0.25) is 4.79 Å². The summed E-state index contributed by atoms with van der Waals surface area (Å²) in [7, 11) is 0. The van der Waals surface area contributed by atoms with Crippen molar-refractivity contribution < 1.29 is 0 Å². The van der Waals surface area contributed by atoms with Gasteiger partial charge >= 0.3 is 0 Å². The highest BCUT2D eigenvalue weighted by Crippen LogP contribution is 2.28. The molecule has 0 bridgehead atoms. The van der Waals surface area contributed by atoms with Crippen molar-refractivity contribution in [1.82, 2.24) is 9.97 Å². The van der Waals surface area contributed by atoms with Crippen molar-refractivity contribution in [1.29, 1.82) is 0 Å². The second kappa shape index (κ2) is 4.69. The SMILES string of the molecule is Cc1cc(-c2nc(C)c(C(C)C)c(=O)[nH]2)c(C)s1. The van der Waals surface area contributed by atoms with Crippen LogP contribution in [0.5, 0.6) is 0 Å². The number of hydrogen-bond donors (Lipinski definition) is 1. The van der Waals surface area contributed by atoms with Crippen LogP contribution in [0, 0.1) is 20.8 Å². The number of aromatic amines is 1. The second-order valence-electron chi connectivity index (χ2n) is 4.90. The molecule has 1 N–H and O–H groups in total. The molecule has 2 aromatic heterocycles. The molecule has 0 aromatic carbocycles. The fourth-order valence-electron chi connectivity index (χ4n) is 2.27.